The molecule has 0 bridgehead atoms. The molecule has 2 aromatic carbocycles. The van der Waals surface area contributed by atoms with Crippen LogP contribution in [0.2, 0.25) is 5.02 Å². The van der Waals surface area contributed by atoms with Crippen LogP contribution >= 0.6 is 11.6 Å². The number of rotatable bonds is 6. The highest BCUT2D eigenvalue weighted by molar-refractivity contribution is 7.92. The van der Waals surface area contributed by atoms with Gasteiger partial charge in [-0.15, -0.1) is 0 Å². The fourth-order valence-corrected chi connectivity index (χ4v) is 4.52. The normalized spacial score (nSPS) is 14.0. The fourth-order valence-electron chi connectivity index (χ4n) is 3.12. The minimum atomic E-state index is -3.79. The Balaban J connectivity index is 1.88. The molecule has 0 saturated heterocycles. The van der Waals surface area contributed by atoms with Gasteiger partial charge in [0.1, 0.15) is 5.75 Å². The summed E-state index contributed by atoms with van der Waals surface area (Å²) in [4.78, 5) is 13.9. The Bertz CT molecular complexity index is 976. The average Bonchev–Trinajstić information content (AvgIpc) is 2.64. The van der Waals surface area contributed by atoms with E-state index in [1.54, 1.807) is 23.1 Å². The summed E-state index contributed by atoms with van der Waals surface area (Å²) in [5.74, 6) is 0.510. The molecule has 8 heteroatoms. The van der Waals surface area contributed by atoms with Crippen molar-refractivity contribution in [1.82, 2.24) is 0 Å². The van der Waals surface area contributed by atoms with E-state index in [-0.39, 0.29) is 15.8 Å². The molecule has 27 heavy (non-hydrogen) atoms. The molecule has 1 amide bonds. The number of benzene rings is 2. The molecule has 0 fully saturated rings. The molecular weight excluding hydrogens is 388 g/mol. The third kappa shape index (κ3) is 4.04. The first kappa shape index (κ1) is 19.5. The van der Waals surface area contributed by atoms with E-state index < -0.39 is 10.0 Å². The van der Waals surface area contributed by atoms with Crippen LogP contribution in [0.3, 0.4) is 0 Å². The Kier molecular flexibility index (Phi) is 5.62. The topological polar surface area (TPSA) is 75.7 Å². The number of hydrogen-bond donors (Lipinski definition) is 1. The minimum Gasteiger partial charge on any atom is -0.495 e. The van der Waals surface area contributed by atoms with Gasteiger partial charge in [0.25, 0.3) is 10.0 Å². The molecular formula is C19H21ClN2O4S. The minimum absolute atomic E-state index is 0.0498. The lowest BCUT2D eigenvalue weighted by Crippen LogP contribution is -2.35. The van der Waals surface area contributed by atoms with Crippen molar-refractivity contribution in [1.29, 1.82) is 0 Å². The van der Waals surface area contributed by atoms with Gasteiger partial charge in [-0.25, -0.2) is 8.42 Å². The number of anilines is 2. The van der Waals surface area contributed by atoms with E-state index in [1.807, 2.05) is 6.92 Å². The van der Waals surface area contributed by atoms with E-state index in [2.05, 4.69) is 4.72 Å². The molecule has 1 heterocycles. The van der Waals surface area contributed by atoms with E-state index in [4.69, 9.17) is 16.3 Å². The molecule has 144 valence electrons. The number of hydrogen-bond acceptors (Lipinski definition) is 4. The van der Waals surface area contributed by atoms with Crippen molar-refractivity contribution in [2.75, 3.05) is 23.3 Å². The summed E-state index contributed by atoms with van der Waals surface area (Å²) < 4.78 is 33.0. The van der Waals surface area contributed by atoms with Crippen molar-refractivity contribution < 1.29 is 17.9 Å². The van der Waals surface area contributed by atoms with Crippen LogP contribution in [0.1, 0.15) is 25.3 Å². The van der Waals surface area contributed by atoms with Crippen molar-refractivity contribution in [2.45, 2.75) is 31.1 Å². The molecule has 0 saturated carbocycles. The molecule has 0 radical (unpaired) electrons. The highest BCUT2D eigenvalue weighted by Crippen LogP contribution is 2.32. The first-order chi connectivity index (χ1) is 12.9. The van der Waals surface area contributed by atoms with Crippen molar-refractivity contribution in [3.8, 4) is 5.75 Å². The van der Waals surface area contributed by atoms with Crippen LogP contribution in [0.4, 0.5) is 11.4 Å². The van der Waals surface area contributed by atoms with Gasteiger partial charge in [0, 0.05) is 24.3 Å². The van der Waals surface area contributed by atoms with Gasteiger partial charge in [0.05, 0.1) is 17.0 Å². The highest BCUT2D eigenvalue weighted by Gasteiger charge is 2.24. The number of sulfonamides is 1. The van der Waals surface area contributed by atoms with Gasteiger partial charge in [-0.05, 0) is 54.8 Å². The number of methoxy groups -OCH3 is 1. The molecule has 6 nitrogen and oxygen atoms in total. The number of halogens is 1. The number of nitrogens with zero attached hydrogens (tertiary/aromatic N) is 1. The Hall–Kier alpha value is -2.25. The van der Waals surface area contributed by atoms with Gasteiger partial charge in [-0.3, -0.25) is 9.52 Å². The van der Waals surface area contributed by atoms with Crippen molar-refractivity contribution in [3.63, 3.8) is 0 Å². The third-order valence-electron chi connectivity index (χ3n) is 4.41. The molecule has 0 spiro atoms. The smallest absolute Gasteiger partial charge is 0.261 e. The molecule has 2 aromatic rings. The Labute approximate surface area is 164 Å². The zero-order valence-electron chi connectivity index (χ0n) is 15.2. The lowest BCUT2D eigenvalue weighted by atomic mass is 10.0. The standard InChI is InChI=1S/C19H21ClN2O4S/c1-3-10-22-17-7-5-14(11-13(17)4-9-19(22)23)21-27(24,25)15-6-8-18(26-2)16(20)12-15/h5-8,11-12,21H,3-4,9-10H2,1-2H3. The van der Waals surface area contributed by atoms with Crippen LogP contribution in [0.25, 0.3) is 0 Å². The Morgan fingerprint density at radius 1 is 1.19 bits per heavy atom. The molecule has 1 aliphatic heterocycles. The SMILES string of the molecule is CCCN1C(=O)CCc2cc(NS(=O)(=O)c3ccc(OC)c(Cl)c3)ccc21. The summed E-state index contributed by atoms with van der Waals surface area (Å²) in [6.07, 6.45) is 1.88. The van der Waals surface area contributed by atoms with Crippen LogP contribution < -0.4 is 14.4 Å². The monoisotopic (exact) mass is 408 g/mol. The molecule has 1 aliphatic rings. The van der Waals surface area contributed by atoms with Crippen LogP contribution in [-0.2, 0) is 21.2 Å². The number of ether oxygens (including phenoxy) is 1. The van der Waals surface area contributed by atoms with Crippen molar-refractivity contribution >= 4 is 38.9 Å². The summed E-state index contributed by atoms with van der Waals surface area (Å²) in [5, 5.41) is 0.222. The molecule has 1 N–H and O–H groups in total. The third-order valence-corrected chi connectivity index (χ3v) is 6.09. The number of carbonyl (C=O) groups excluding carboxylic acids is 1. The predicted molar refractivity (Wildman–Crippen MR) is 106 cm³/mol. The van der Waals surface area contributed by atoms with Gasteiger partial charge in [0.2, 0.25) is 5.91 Å². The molecule has 3 rings (SSSR count). The molecule has 0 atom stereocenters. The van der Waals surface area contributed by atoms with E-state index in [0.717, 1.165) is 17.7 Å². The van der Waals surface area contributed by atoms with Gasteiger partial charge < -0.3 is 9.64 Å². The van der Waals surface area contributed by atoms with Gasteiger partial charge >= 0.3 is 0 Å². The number of carbonyl (C=O) groups is 1. The van der Waals surface area contributed by atoms with Gasteiger partial charge in [0.15, 0.2) is 0 Å². The Morgan fingerprint density at radius 2 is 1.96 bits per heavy atom. The first-order valence-corrected chi connectivity index (χ1v) is 10.5. The van der Waals surface area contributed by atoms with Crippen molar-refractivity contribution in [3.05, 3.63) is 47.0 Å². The number of amides is 1. The van der Waals surface area contributed by atoms with E-state index >= 15 is 0 Å². The summed E-state index contributed by atoms with van der Waals surface area (Å²) >= 11 is 6.04. The fraction of sp³-hybridized carbons (Fsp3) is 0.316. The summed E-state index contributed by atoms with van der Waals surface area (Å²) in [6, 6.07) is 9.55. The second kappa shape index (κ2) is 7.78. The molecule has 0 unspecified atom stereocenters. The molecule has 0 aliphatic carbocycles. The number of nitrogens with one attached hydrogen (secondary N) is 1. The van der Waals surface area contributed by atoms with Crippen LogP contribution in [0, 0.1) is 0 Å². The lowest BCUT2D eigenvalue weighted by Gasteiger charge is -2.29. The molecule has 0 aromatic heterocycles. The van der Waals surface area contributed by atoms with E-state index in [0.29, 0.717) is 30.8 Å². The Morgan fingerprint density at radius 3 is 2.63 bits per heavy atom. The average molecular weight is 409 g/mol. The maximum absolute atomic E-state index is 12.7. The zero-order valence-corrected chi connectivity index (χ0v) is 16.7. The number of aryl methyl sites for hydroxylation is 1. The van der Waals surface area contributed by atoms with Crippen molar-refractivity contribution in [2.24, 2.45) is 0 Å². The quantitative estimate of drug-likeness (QED) is 0.787. The van der Waals surface area contributed by atoms with Crippen LogP contribution in [0.15, 0.2) is 41.3 Å². The summed E-state index contributed by atoms with van der Waals surface area (Å²) in [5.41, 5.74) is 2.26. The highest BCUT2D eigenvalue weighted by atomic mass is 35.5. The lowest BCUT2D eigenvalue weighted by molar-refractivity contribution is -0.118. The predicted octanol–water partition coefficient (Wildman–Crippen LogP) is 3.84. The van der Waals surface area contributed by atoms with Crippen LogP contribution in [0.5, 0.6) is 5.75 Å². The first-order valence-electron chi connectivity index (χ1n) is 8.65. The maximum Gasteiger partial charge on any atom is 0.261 e. The van der Waals surface area contributed by atoms with Gasteiger partial charge in [-0.2, -0.15) is 0 Å². The maximum atomic E-state index is 12.7. The second-order valence-electron chi connectivity index (χ2n) is 6.29. The zero-order chi connectivity index (χ0) is 19.6. The van der Waals surface area contributed by atoms with E-state index in [9.17, 15) is 13.2 Å². The summed E-state index contributed by atoms with van der Waals surface area (Å²) in [7, 11) is -2.33. The van der Waals surface area contributed by atoms with Gasteiger partial charge in [-0.1, -0.05) is 18.5 Å². The number of fused-ring (bicyclic) bond motifs is 1. The second-order valence-corrected chi connectivity index (χ2v) is 8.38. The van der Waals surface area contributed by atoms with E-state index in [1.165, 1.54) is 25.3 Å². The largest absolute Gasteiger partial charge is 0.495 e. The van der Waals surface area contributed by atoms with Crippen LogP contribution in [-0.4, -0.2) is 28.0 Å². The summed E-state index contributed by atoms with van der Waals surface area (Å²) in [6.45, 7) is 2.67.